The van der Waals surface area contributed by atoms with Gasteiger partial charge in [-0.15, -0.1) is 0 Å². The molecule has 0 radical (unpaired) electrons. The minimum absolute atomic E-state index is 0.0650. The largest absolute Gasteiger partial charge is 0.411 e. The summed E-state index contributed by atoms with van der Waals surface area (Å²) in [6.45, 7) is -1.39. The monoisotopic (exact) mass is 309 g/mol. The number of hydrogen-bond acceptors (Lipinski definition) is 2. The van der Waals surface area contributed by atoms with Crippen LogP contribution in [0.2, 0.25) is 5.02 Å². The second kappa shape index (κ2) is 8.11. The van der Waals surface area contributed by atoms with Crippen LogP contribution in [-0.2, 0) is 16.0 Å². The maximum Gasteiger partial charge on any atom is 0.411 e. The highest BCUT2D eigenvalue weighted by molar-refractivity contribution is 6.30. The van der Waals surface area contributed by atoms with E-state index in [1.54, 1.807) is 12.1 Å². The minimum Gasteiger partial charge on any atom is -0.370 e. The van der Waals surface area contributed by atoms with Crippen molar-refractivity contribution in [2.45, 2.75) is 19.0 Å². The van der Waals surface area contributed by atoms with Gasteiger partial charge in [0.1, 0.15) is 6.61 Å². The first-order valence-electron chi connectivity index (χ1n) is 6.02. The van der Waals surface area contributed by atoms with Gasteiger partial charge in [-0.1, -0.05) is 23.7 Å². The zero-order chi connectivity index (χ0) is 15.0. The third-order valence-corrected chi connectivity index (χ3v) is 2.64. The standard InChI is InChI=1S/C13H15ClF3NO2/c14-11-4-1-10(2-5-11)3-6-12(19)18-7-8-20-9-13(15,16)17/h1-2,4-5H,3,6-9H2,(H,18,19). The molecular weight excluding hydrogens is 295 g/mol. The van der Waals surface area contributed by atoms with E-state index in [0.717, 1.165) is 5.56 Å². The lowest BCUT2D eigenvalue weighted by molar-refractivity contribution is -0.173. The molecule has 1 aromatic rings. The Morgan fingerprint density at radius 3 is 2.50 bits per heavy atom. The summed E-state index contributed by atoms with van der Waals surface area (Å²) >= 11 is 5.73. The molecule has 0 aromatic heterocycles. The van der Waals surface area contributed by atoms with E-state index in [4.69, 9.17) is 11.6 Å². The maximum atomic E-state index is 11.8. The van der Waals surface area contributed by atoms with Gasteiger partial charge in [-0.05, 0) is 24.1 Å². The molecule has 20 heavy (non-hydrogen) atoms. The number of nitrogens with one attached hydrogen (secondary N) is 1. The van der Waals surface area contributed by atoms with Crippen LogP contribution in [-0.4, -0.2) is 31.8 Å². The smallest absolute Gasteiger partial charge is 0.370 e. The van der Waals surface area contributed by atoms with Crippen LogP contribution in [0.3, 0.4) is 0 Å². The molecule has 0 atom stereocenters. The molecular formula is C13H15ClF3NO2. The number of halogens is 4. The van der Waals surface area contributed by atoms with E-state index in [2.05, 4.69) is 10.1 Å². The lowest BCUT2D eigenvalue weighted by Gasteiger charge is -2.08. The molecule has 0 aliphatic carbocycles. The van der Waals surface area contributed by atoms with Crippen molar-refractivity contribution in [2.24, 2.45) is 0 Å². The maximum absolute atomic E-state index is 11.8. The van der Waals surface area contributed by atoms with Gasteiger partial charge in [-0.3, -0.25) is 4.79 Å². The quantitative estimate of drug-likeness (QED) is 0.786. The molecule has 0 aliphatic heterocycles. The number of hydrogen-bond donors (Lipinski definition) is 1. The van der Waals surface area contributed by atoms with Gasteiger partial charge < -0.3 is 10.1 Å². The Hall–Kier alpha value is -1.27. The van der Waals surface area contributed by atoms with E-state index in [1.807, 2.05) is 12.1 Å². The second-order valence-electron chi connectivity index (χ2n) is 4.14. The first kappa shape index (κ1) is 16.8. The fourth-order valence-corrected chi connectivity index (χ4v) is 1.57. The van der Waals surface area contributed by atoms with Gasteiger partial charge in [0.15, 0.2) is 0 Å². The Labute approximate surface area is 120 Å². The van der Waals surface area contributed by atoms with Crippen LogP contribution in [0.5, 0.6) is 0 Å². The summed E-state index contributed by atoms with van der Waals surface area (Å²) < 4.78 is 39.6. The Kier molecular flexibility index (Phi) is 6.81. The molecule has 112 valence electrons. The number of alkyl halides is 3. The van der Waals surface area contributed by atoms with Crippen molar-refractivity contribution in [1.29, 1.82) is 0 Å². The molecule has 1 N–H and O–H groups in total. The average molecular weight is 310 g/mol. The van der Waals surface area contributed by atoms with Crippen molar-refractivity contribution < 1.29 is 22.7 Å². The molecule has 3 nitrogen and oxygen atoms in total. The number of amides is 1. The lowest BCUT2D eigenvalue weighted by atomic mass is 10.1. The number of carbonyl (C=O) groups is 1. The fraction of sp³-hybridized carbons (Fsp3) is 0.462. The number of benzene rings is 1. The molecule has 1 amide bonds. The summed E-state index contributed by atoms with van der Waals surface area (Å²) in [6.07, 6.45) is -3.52. The van der Waals surface area contributed by atoms with E-state index in [0.29, 0.717) is 11.4 Å². The van der Waals surface area contributed by atoms with Gasteiger partial charge in [-0.25, -0.2) is 0 Å². The van der Waals surface area contributed by atoms with Crippen LogP contribution in [0, 0.1) is 0 Å². The van der Waals surface area contributed by atoms with Crippen LogP contribution in [0.15, 0.2) is 24.3 Å². The third-order valence-electron chi connectivity index (χ3n) is 2.39. The SMILES string of the molecule is O=C(CCc1ccc(Cl)cc1)NCCOCC(F)(F)F. The van der Waals surface area contributed by atoms with Crippen LogP contribution in [0.4, 0.5) is 13.2 Å². The molecule has 0 saturated heterocycles. The molecule has 0 saturated carbocycles. The molecule has 0 heterocycles. The van der Waals surface area contributed by atoms with Crippen molar-refractivity contribution >= 4 is 17.5 Å². The Bertz CT molecular complexity index is 421. The van der Waals surface area contributed by atoms with E-state index in [9.17, 15) is 18.0 Å². The minimum atomic E-state index is -4.33. The average Bonchev–Trinajstić information content (AvgIpc) is 2.36. The highest BCUT2D eigenvalue weighted by atomic mass is 35.5. The van der Waals surface area contributed by atoms with Crippen LogP contribution in [0.25, 0.3) is 0 Å². The highest BCUT2D eigenvalue weighted by Gasteiger charge is 2.27. The van der Waals surface area contributed by atoms with Crippen molar-refractivity contribution in [3.05, 3.63) is 34.9 Å². The third kappa shape index (κ3) is 8.01. The number of carbonyl (C=O) groups excluding carboxylic acids is 1. The molecule has 7 heteroatoms. The highest BCUT2D eigenvalue weighted by Crippen LogP contribution is 2.14. The van der Waals surface area contributed by atoms with E-state index >= 15 is 0 Å². The summed E-state index contributed by atoms with van der Waals surface area (Å²) in [5, 5.41) is 3.12. The molecule has 0 unspecified atom stereocenters. The van der Waals surface area contributed by atoms with Gasteiger partial charge in [0, 0.05) is 18.0 Å². The molecule has 1 rings (SSSR count). The van der Waals surface area contributed by atoms with Gasteiger partial charge >= 0.3 is 6.18 Å². The van der Waals surface area contributed by atoms with Crippen molar-refractivity contribution in [1.82, 2.24) is 5.32 Å². The van der Waals surface area contributed by atoms with E-state index < -0.39 is 12.8 Å². The number of ether oxygens (including phenoxy) is 1. The predicted molar refractivity (Wildman–Crippen MR) is 69.7 cm³/mol. The van der Waals surface area contributed by atoms with E-state index in [-0.39, 0.29) is 25.5 Å². The molecule has 0 fully saturated rings. The lowest BCUT2D eigenvalue weighted by Crippen LogP contribution is -2.29. The Balaban J connectivity index is 2.10. The van der Waals surface area contributed by atoms with Gasteiger partial charge in [-0.2, -0.15) is 13.2 Å². The Morgan fingerprint density at radius 1 is 1.25 bits per heavy atom. The second-order valence-corrected chi connectivity index (χ2v) is 4.58. The van der Waals surface area contributed by atoms with E-state index in [1.165, 1.54) is 0 Å². The first-order valence-corrected chi connectivity index (χ1v) is 6.40. The fourth-order valence-electron chi connectivity index (χ4n) is 1.45. The predicted octanol–water partition coefficient (Wildman–Crippen LogP) is 2.97. The van der Waals surface area contributed by atoms with Crippen molar-refractivity contribution in [3.63, 3.8) is 0 Å². The van der Waals surface area contributed by atoms with Gasteiger partial charge in [0.25, 0.3) is 0 Å². The topological polar surface area (TPSA) is 38.3 Å². The van der Waals surface area contributed by atoms with Gasteiger partial charge in [0.2, 0.25) is 5.91 Å². The van der Waals surface area contributed by atoms with Crippen LogP contribution in [0.1, 0.15) is 12.0 Å². The summed E-state index contributed by atoms with van der Waals surface area (Å²) in [5.74, 6) is -0.226. The first-order chi connectivity index (χ1) is 9.37. The summed E-state index contributed by atoms with van der Waals surface area (Å²) in [4.78, 5) is 11.4. The van der Waals surface area contributed by atoms with Gasteiger partial charge in [0.05, 0.1) is 6.61 Å². The van der Waals surface area contributed by atoms with Crippen molar-refractivity contribution in [3.8, 4) is 0 Å². The zero-order valence-corrected chi connectivity index (χ0v) is 11.4. The Morgan fingerprint density at radius 2 is 1.90 bits per heavy atom. The molecule has 1 aromatic carbocycles. The summed E-state index contributed by atoms with van der Waals surface area (Å²) in [7, 11) is 0. The molecule has 0 spiro atoms. The molecule has 0 bridgehead atoms. The van der Waals surface area contributed by atoms with Crippen LogP contribution >= 0.6 is 11.6 Å². The normalized spacial score (nSPS) is 11.4. The summed E-state index contributed by atoms with van der Waals surface area (Å²) in [6, 6.07) is 7.11. The number of rotatable bonds is 7. The zero-order valence-electron chi connectivity index (χ0n) is 10.7. The van der Waals surface area contributed by atoms with Crippen molar-refractivity contribution in [2.75, 3.05) is 19.8 Å². The number of aryl methyl sites for hydroxylation is 1. The van der Waals surface area contributed by atoms with Crippen LogP contribution < -0.4 is 5.32 Å². The molecule has 0 aliphatic rings. The summed E-state index contributed by atoms with van der Waals surface area (Å²) in [5.41, 5.74) is 0.970.